The van der Waals surface area contributed by atoms with Crippen LogP contribution in [0.4, 0.5) is 4.39 Å². The summed E-state index contributed by atoms with van der Waals surface area (Å²) in [5.74, 6) is 0.986. The van der Waals surface area contributed by atoms with Crippen LogP contribution < -0.4 is 0 Å². The van der Waals surface area contributed by atoms with Gasteiger partial charge in [-0.3, -0.25) is 4.79 Å². The fraction of sp³-hybridized carbons (Fsp3) is 0.632. The third kappa shape index (κ3) is 3.34. The zero-order chi connectivity index (χ0) is 15.5. The molecule has 0 radical (unpaired) electrons. The van der Waals surface area contributed by atoms with Crippen LogP contribution >= 0.6 is 0 Å². The number of likely N-dealkylation sites (tertiary alicyclic amines) is 1. The molecule has 3 rings (SSSR count). The van der Waals surface area contributed by atoms with E-state index in [4.69, 9.17) is 0 Å². The van der Waals surface area contributed by atoms with Crippen molar-refractivity contribution < 1.29 is 9.18 Å². The van der Waals surface area contributed by atoms with E-state index in [0.29, 0.717) is 0 Å². The zero-order valence-electron chi connectivity index (χ0n) is 13.4. The Kier molecular flexibility index (Phi) is 4.80. The van der Waals surface area contributed by atoms with Crippen molar-refractivity contribution >= 4 is 5.91 Å². The normalized spacial score (nSPS) is 28.3. The Hall–Kier alpha value is -1.38. The number of hydrogen-bond acceptors (Lipinski definition) is 1. The first kappa shape index (κ1) is 15.5. The third-order valence-corrected chi connectivity index (χ3v) is 5.27. The SMILES string of the molecule is CCCC1CCCN(C(=O)C2CC2c2ccccc2F)CC1. The molecule has 22 heavy (non-hydrogen) atoms. The monoisotopic (exact) mass is 303 g/mol. The predicted octanol–water partition coefficient (Wildman–Crippen LogP) is 4.36. The van der Waals surface area contributed by atoms with Crippen molar-refractivity contribution in [2.45, 2.75) is 51.4 Å². The van der Waals surface area contributed by atoms with Crippen molar-refractivity contribution in [3.05, 3.63) is 35.6 Å². The lowest BCUT2D eigenvalue weighted by molar-refractivity contribution is -0.132. The topological polar surface area (TPSA) is 20.3 Å². The molecule has 1 aromatic rings. The highest BCUT2D eigenvalue weighted by Gasteiger charge is 2.46. The van der Waals surface area contributed by atoms with E-state index in [9.17, 15) is 9.18 Å². The van der Waals surface area contributed by atoms with Gasteiger partial charge in [-0.25, -0.2) is 4.39 Å². The van der Waals surface area contributed by atoms with Crippen LogP contribution in [-0.4, -0.2) is 23.9 Å². The van der Waals surface area contributed by atoms with Crippen molar-refractivity contribution in [3.8, 4) is 0 Å². The Balaban J connectivity index is 1.58. The van der Waals surface area contributed by atoms with Gasteiger partial charge in [0.15, 0.2) is 0 Å². The van der Waals surface area contributed by atoms with Crippen molar-refractivity contribution in [1.29, 1.82) is 0 Å². The standard InChI is InChI=1S/C19H26FNO/c1-2-6-14-7-5-11-21(12-10-14)19(22)17-13-16(17)15-8-3-4-9-18(15)20/h3-4,8-9,14,16-17H,2,5-7,10-13H2,1H3. The van der Waals surface area contributed by atoms with E-state index in [1.165, 1.54) is 25.3 Å². The molecule has 1 amide bonds. The van der Waals surface area contributed by atoms with Gasteiger partial charge >= 0.3 is 0 Å². The molecule has 1 aliphatic heterocycles. The average molecular weight is 303 g/mol. The van der Waals surface area contributed by atoms with Gasteiger partial charge in [-0.1, -0.05) is 38.0 Å². The second-order valence-corrected chi connectivity index (χ2v) is 6.88. The summed E-state index contributed by atoms with van der Waals surface area (Å²) in [6.45, 7) is 4.01. The summed E-state index contributed by atoms with van der Waals surface area (Å²) < 4.78 is 13.8. The number of amides is 1. The van der Waals surface area contributed by atoms with Gasteiger partial charge in [-0.2, -0.15) is 0 Å². The highest BCUT2D eigenvalue weighted by molar-refractivity contribution is 5.83. The molecule has 2 aliphatic rings. The molecule has 120 valence electrons. The Morgan fingerprint density at radius 2 is 2.09 bits per heavy atom. The van der Waals surface area contributed by atoms with Crippen molar-refractivity contribution in [1.82, 2.24) is 4.90 Å². The molecular weight excluding hydrogens is 277 g/mol. The maximum absolute atomic E-state index is 13.8. The van der Waals surface area contributed by atoms with Gasteiger partial charge in [-0.05, 0) is 49.1 Å². The van der Waals surface area contributed by atoms with Crippen LogP contribution in [-0.2, 0) is 4.79 Å². The lowest BCUT2D eigenvalue weighted by Crippen LogP contribution is -2.33. The summed E-state index contributed by atoms with van der Waals surface area (Å²) in [6.07, 6.45) is 6.83. The van der Waals surface area contributed by atoms with Gasteiger partial charge in [0, 0.05) is 19.0 Å². The Morgan fingerprint density at radius 1 is 1.27 bits per heavy atom. The molecule has 1 aliphatic carbocycles. The van der Waals surface area contributed by atoms with Gasteiger partial charge in [0.2, 0.25) is 5.91 Å². The number of nitrogens with zero attached hydrogens (tertiary/aromatic N) is 1. The van der Waals surface area contributed by atoms with E-state index in [1.807, 2.05) is 17.0 Å². The molecule has 3 atom stereocenters. The first-order chi connectivity index (χ1) is 10.7. The summed E-state index contributed by atoms with van der Waals surface area (Å²) in [6, 6.07) is 6.89. The number of carbonyl (C=O) groups is 1. The molecular formula is C19H26FNO. The second-order valence-electron chi connectivity index (χ2n) is 6.88. The fourth-order valence-electron chi connectivity index (χ4n) is 3.90. The molecule has 0 aromatic heterocycles. The van der Waals surface area contributed by atoms with E-state index < -0.39 is 0 Å². The number of hydrogen-bond donors (Lipinski definition) is 0. The molecule has 0 bridgehead atoms. The van der Waals surface area contributed by atoms with E-state index in [2.05, 4.69) is 6.92 Å². The van der Waals surface area contributed by atoms with Gasteiger partial charge < -0.3 is 4.90 Å². The molecule has 3 heteroatoms. The molecule has 3 unspecified atom stereocenters. The number of rotatable bonds is 4. The van der Waals surface area contributed by atoms with E-state index in [1.54, 1.807) is 6.07 Å². The molecule has 1 heterocycles. The van der Waals surface area contributed by atoms with Crippen molar-refractivity contribution in [2.75, 3.05) is 13.1 Å². The van der Waals surface area contributed by atoms with Crippen molar-refractivity contribution in [2.24, 2.45) is 11.8 Å². The number of halogens is 1. The van der Waals surface area contributed by atoms with Crippen LogP contribution in [0, 0.1) is 17.7 Å². The first-order valence-electron chi connectivity index (χ1n) is 8.74. The Bertz CT molecular complexity index is 530. The largest absolute Gasteiger partial charge is 0.342 e. The highest BCUT2D eigenvalue weighted by Crippen LogP contribution is 2.49. The van der Waals surface area contributed by atoms with Gasteiger partial charge in [0.05, 0.1) is 0 Å². The summed E-state index contributed by atoms with van der Waals surface area (Å²) in [4.78, 5) is 14.7. The van der Waals surface area contributed by atoms with Crippen LogP contribution in [0.1, 0.15) is 56.9 Å². The molecule has 1 aromatic carbocycles. The average Bonchev–Trinajstić information content (AvgIpc) is 3.31. The van der Waals surface area contributed by atoms with E-state index in [0.717, 1.165) is 43.8 Å². The summed E-state index contributed by atoms with van der Waals surface area (Å²) in [5.41, 5.74) is 0.722. The summed E-state index contributed by atoms with van der Waals surface area (Å²) in [7, 11) is 0. The summed E-state index contributed by atoms with van der Waals surface area (Å²) in [5, 5.41) is 0. The van der Waals surface area contributed by atoms with E-state index >= 15 is 0 Å². The molecule has 0 spiro atoms. The van der Waals surface area contributed by atoms with Crippen molar-refractivity contribution in [3.63, 3.8) is 0 Å². The van der Waals surface area contributed by atoms with Crippen LogP contribution in [0.15, 0.2) is 24.3 Å². The highest BCUT2D eigenvalue weighted by atomic mass is 19.1. The van der Waals surface area contributed by atoms with E-state index in [-0.39, 0.29) is 23.6 Å². The number of benzene rings is 1. The molecule has 1 saturated heterocycles. The van der Waals surface area contributed by atoms with Crippen LogP contribution in [0.3, 0.4) is 0 Å². The molecule has 1 saturated carbocycles. The van der Waals surface area contributed by atoms with Crippen LogP contribution in [0.5, 0.6) is 0 Å². The van der Waals surface area contributed by atoms with Crippen LogP contribution in [0.25, 0.3) is 0 Å². The lowest BCUT2D eigenvalue weighted by atomic mass is 9.96. The second kappa shape index (κ2) is 6.80. The minimum Gasteiger partial charge on any atom is -0.342 e. The minimum atomic E-state index is -0.165. The van der Waals surface area contributed by atoms with Gasteiger partial charge in [0.1, 0.15) is 5.82 Å². The Morgan fingerprint density at radius 3 is 2.86 bits per heavy atom. The lowest BCUT2D eigenvalue weighted by Gasteiger charge is -2.21. The smallest absolute Gasteiger partial charge is 0.226 e. The quantitative estimate of drug-likeness (QED) is 0.809. The van der Waals surface area contributed by atoms with Gasteiger partial charge in [0.25, 0.3) is 0 Å². The first-order valence-corrected chi connectivity index (χ1v) is 8.74. The minimum absolute atomic E-state index is 0.0135. The molecule has 0 N–H and O–H groups in total. The molecule has 2 nitrogen and oxygen atoms in total. The fourth-order valence-corrected chi connectivity index (χ4v) is 3.90. The maximum Gasteiger partial charge on any atom is 0.226 e. The summed E-state index contributed by atoms with van der Waals surface area (Å²) >= 11 is 0. The maximum atomic E-state index is 13.8. The number of carbonyl (C=O) groups excluding carboxylic acids is 1. The van der Waals surface area contributed by atoms with Gasteiger partial charge in [-0.15, -0.1) is 0 Å². The van der Waals surface area contributed by atoms with Crippen LogP contribution in [0.2, 0.25) is 0 Å². The third-order valence-electron chi connectivity index (χ3n) is 5.27. The Labute approximate surface area is 132 Å². The predicted molar refractivity (Wildman–Crippen MR) is 86.1 cm³/mol. The zero-order valence-corrected chi connectivity index (χ0v) is 13.4. The molecule has 2 fully saturated rings.